The monoisotopic (exact) mass is 320 g/mol. The van der Waals surface area contributed by atoms with E-state index in [9.17, 15) is 9.59 Å². The van der Waals surface area contributed by atoms with E-state index < -0.39 is 5.76 Å². The van der Waals surface area contributed by atoms with Gasteiger partial charge in [-0.3, -0.25) is 9.78 Å². The Morgan fingerprint density at radius 2 is 2.14 bits per heavy atom. The van der Waals surface area contributed by atoms with Crippen LogP contribution in [0.15, 0.2) is 38.4 Å². The number of nitrogens with zero attached hydrogens (tertiary/aromatic N) is 1. The lowest BCUT2D eigenvalue weighted by atomic mass is 10.2. The molecule has 0 saturated heterocycles. The minimum atomic E-state index is -0.646. The summed E-state index contributed by atoms with van der Waals surface area (Å²) in [5, 5.41) is 0.533. The predicted octanol–water partition coefficient (Wildman–Crippen LogP) is 2.30. The highest BCUT2D eigenvalue weighted by Crippen LogP contribution is 2.23. The van der Waals surface area contributed by atoms with Gasteiger partial charge in [-0.25, -0.2) is 4.79 Å². The molecule has 0 aliphatic carbocycles. The first-order chi connectivity index (χ1) is 10.5. The van der Waals surface area contributed by atoms with Crippen molar-refractivity contribution in [3.05, 3.63) is 61.4 Å². The second-order valence-electron chi connectivity index (χ2n) is 4.92. The minimum absolute atomic E-state index is 0.156. The largest absolute Gasteiger partial charge is 0.497 e. The highest BCUT2D eigenvalue weighted by molar-refractivity contribution is 6.31. The van der Waals surface area contributed by atoms with Crippen LogP contribution >= 0.6 is 11.6 Å². The number of H-pyrrole nitrogens is 1. The lowest BCUT2D eigenvalue weighted by Gasteiger charge is -2.10. The molecule has 0 aliphatic heterocycles. The zero-order valence-electron chi connectivity index (χ0n) is 12.0. The second-order valence-corrected chi connectivity index (χ2v) is 5.33. The van der Waals surface area contributed by atoms with Crippen LogP contribution in [-0.2, 0) is 6.54 Å². The van der Waals surface area contributed by atoms with Crippen LogP contribution in [0.2, 0.25) is 5.02 Å². The Morgan fingerprint density at radius 3 is 2.86 bits per heavy atom. The summed E-state index contributed by atoms with van der Waals surface area (Å²) >= 11 is 6.17. The maximum Gasteiger partial charge on any atom is 0.417 e. The molecule has 0 aliphatic rings. The Bertz CT molecular complexity index is 968. The first kappa shape index (κ1) is 14.5. The van der Waals surface area contributed by atoms with Gasteiger partial charge in [0.15, 0.2) is 11.1 Å². The highest BCUT2D eigenvalue weighted by Gasteiger charge is 2.13. The van der Waals surface area contributed by atoms with Gasteiger partial charge in [0, 0.05) is 16.8 Å². The first-order valence-electron chi connectivity index (χ1n) is 6.55. The van der Waals surface area contributed by atoms with Gasteiger partial charge in [-0.05, 0) is 30.7 Å². The summed E-state index contributed by atoms with van der Waals surface area (Å²) in [6.07, 6.45) is 1.64. The fourth-order valence-electron chi connectivity index (χ4n) is 2.35. The number of methoxy groups -OCH3 is 1. The Kier molecular flexibility index (Phi) is 3.54. The van der Waals surface area contributed by atoms with E-state index >= 15 is 0 Å². The molecule has 2 aromatic heterocycles. The average Bonchev–Trinajstić information content (AvgIpc) is 2.89. The molecule has 0 saturated carbocycles. The van der Waals surface area contributed by atoms with Gasteiger partial charge in [0.1, 0.15) is 5.75 Å². The van der Waals surface area contributed by atoms with Gasteiger partial charge in [0.25, 0.3) is 5.56 Å². The topological polar surface area (TPSA) is 77.2 Å². The standard InChI is InChI=1S/C15H13ClN2O4/c1-8-6-18(14(19)12-13(8)22-15(20)17-12)7-9-5-10(21-2)3-4-11(9)16/h3-6H,7H2,1-2H3,(H,17,20). The SMILES string of the molecule is COc1ccc(Cl)c(Cn2cc(C)c3oc(=O)[nH]c3c2=O)c1. The molecule has 1 aromatic carbocycles. The van der Waals surface area contributed by atoms with Crippen LogP contribution in [0, 0.1) is 6.92 Å². The van der Waals surface area contributed by atoms with Gasteiger partial charge in [0.2, 0.25) is 0 Å². The molecular weight excluding hydrogens is 308 g/mol. The Morgan fingerprint density at radius 1 is 1.36 bits per heavy atom. The van der Waals surface area contributed by atoms with E-state index in [0.717, 1.165) is 5.56 Å². The van der Waals surface area contributed by atoms with Crippen molar-refractivity contribution in [1.29, 1.82) is 0 Å². The van der Waals surface area contributed by atoms with Crippen LogP contribution in [0.3, 0.4) is 0 Å². The summed E-state index contributed by atoms with van der Waals surface area (Å²) in [7, 11) is 1.56. The number of aromatic nitrogens is 2. The summed E-state index contributed by atoms with van der Waals surface area (Å²) in [4.78, 5) is 26.1. The number of benzene rings is 1. The van der Waals surface area contributed by atoms with Crippen LogP contribution < -0.4 is 16.1 Å². The zero-order chi connectivity index (χ0) is 15.9. The van der Waals surface area contributed by atoms with E-state index in [2.05, 4.69) is 4.98 Å². The number of halogens is 1. The minimum Gasteiger partial charge on any atom is -0.497 e. The molecule has 0 fully saturated rings. The van der Waals surface area contributed by atoms with E-state index in [-0.39, 0.29) is 23.2 Å². The van der Waals surface area contributed by atoms with E-state index in [1.807, 2.05) is 0 Å². The summed E-state index contributed by atoms with van der Waals surface area (Å²) in [5.74, 6) is 0.00864. The van der Waals surface area contributed by atoms with Gasteiger partial charge in [-0.2, -0.15) is 0 Å². The molecular formula is C15H13ClN2O4. The molecule has 3 aromatic rings. The molecule has 0 unspecified atom stereocenters. The third kappa shape index (κ3) is 2.42. The number of oxazole rings is 1. The first-order valence-corrected chi connectivity index (χ1v) is 6.92. The van der Waals surface area contributed by atoms with Crippen molar-refractivity contribution < 1.29 is 9.15 Å². The zero-order valence-corrected chi connectivity index (χ0v) is 12.7. The lowest BCUT2D eigenvalue weighted by Crippen LogP contribution is -2.21. The van der Waals surface area contributed by atoms with Crippen molar-refractivity contribution in [2.24, 2.45) is 0 Å². The predicted molar refractivity (Wildman–Crippen MR) is 82.9 cm³/mol. The van der Waals surface area contributed by atoms with Gasteiger partial charge >= 0.3 is 5.76 Å². The summed E-state index contributed by atoms with van der Waals surface area (Å²) < 4.78 is 11.6. The Hall–Kier alpha value is -2.47. The Labute approximate surface area is 129 Å². The lowest BCUT2D eigenvalue weighted by molar-refractivity contribution is 0.414. The second kappa shape index (κ2) is 5.38. The van der Waals surface area contributed by atoms with Crippen LogP contribution in [-0.4, -0.2) is 16.7 Å². The molecule has 0 amide bonds. The molecule has 1 N–H and O–H groups in total. The quantitative estimate of drug-likeness (QED) is 0.803. The van der Waals surface area contributed by atoms with Crippen molar-refractivity contribution in [1.82, 2.24) is 9.55 Å². The molecule has 0 radical (unpaired) electrons. The van der Waals surface area contributed by atoms with Crippen LogP contribution in [0.1, 0.15) is 11.1 Å². The molecule has 3 rings (SSSR count). The van der Waals surface area contributed by atoms with Crippen molar-refractivity contribution in [2.45, 2.75) is 13.5 Å². The van der Waals surface area contributed by atoms with Crippen molar-refractivity contribution in [3.8, 4) is 5.75 Å². The smallest absolute Gasteiger partial charge is 0.417 e. The van der Waals surface area contributed by atoms with E-state index in [1.54, 1.807) is 38.4 Å². The van der Waals surface area contributed by atoms with Gasteiger partial charge in [-0.1, -0.05) is 11.6 Å². The molecule has 0 spiro atoms. The normalized spacial score (nSPS) is 11.0. The van der Waals surface area contributed by atoms with Crippen LogP contribution in [0.4, 0.5) is 0 Å². The number of hydrogen-bond acceptors (Lipinski definition) is 4. The van der Waals surface area contributed by atoms with E-state index in [4.69, 9.17) is 20.8 Å². The van der Waals surface area contributed by atoms with Gasteiger partial charge in [0.05, 0.1) is 13.7 Å². The number of aryl methyl sites for hydroxylation is 1. The maximum absolute atomic E-state index is 12.4. The molecule has 7 heteroatoms. The van der Waals surface area contributed by atoms with Crippen molar-refractivity contribution >= 4 is 22.7 Å². The molecule has 114 valence electrons. The van der Waals surface area contributed by atoms with Crippen LogP contribution in [0.5, 0.6) is 5.75 Å². The highest BCUT2D eigenvalue weighted by atomic mass is 35.5. The van der Waals surface area contributed by atoms with E-state index in [1.165, 1.54) is 4.57 Å². The summed E-state index contributed by atoms with van der Waals surface area (Å²) in [6, 6.07) is 5.23. The van der Waals surface area contributed by atoms with Crippen molar-refractivity contribution in [3.63, 3.8) is 0 Å². The summed E-state index contributed by atoms with van der Waals surface area (Å²) in [6.45, 7) is 2.03. The van der Waals surface area contributed by atoms with E-state index in [0.29, 0.717) is 16.3 Å². The fourth-order valence-corrected chi connectivity index (χ4v) is 2.53. The number of fused-ring (bicyclic) bond motifs is 1. The number of aromatic amines is 1. The maximum atomic E-state index is 12.4. The van der Waals surface area contributed by atoms with Gasteiger partial charge < -0.3 is 13.7 Å². The van der Waals surface area contributed by atoms with Crippen molar-refractivity contribution in [2.75, 3.05) is 7.11 Å². The molecule has 22 heavy (non-hydrogen) atoms. The molecule has 2 heterocycles. The number of hydrogen-bond donors (Lipinski definition) is 1. The summed E-state index contributed by atoms with van der Waals surface area (Å²) in [5.41, 5.74) is 1.53. The molecule has 0 bridgehead atoms. The third-order valence-corrected chi connectivity index (χ3v) is 3.79. The number of ether oxygens (including phenoxy) is 1. The number of pyridine rings is 1. The fraction of sp³-hybridized carbons (Fsp3) is 0.200. The average molecular weight is 321 g/mol. The number of rotatable bonds is 3. The van der Waals surface area contributed by atoms with Gasteiger partial charge in [-0.15, -0.1) is 0 Å². The number of nitrogens with one attached hydrogen (secondary N) is 1. The third-order valence-electron chi connectivity index (χ3n) is 3.42. The Balaban J connectivity index is 2.13. The molecule has 0 atom stereocenters. The van der Waals surface area contributed by atoms with Crippen LogP contribution in [0.25, 0.3) is 11.1 Å². The molecule has 6 nitrogen and oxygen atoms in total.